The molecular weight excluding hydrogens is 204 g/mol. The highest BCUT2D eigenvalue weighted by molar-refractivity contribution is 5.12. The van der Waals surface area contributed by atoms with Crippen molar-refractivity contribution in [1.29, 1.82) is 0 Å². The number of hydrogen-bond acceptors (Lipinski definition) is 4. The van der Waals surface area contributed by atoms with Gasteiger partial charge >= 0.3 is 0 Å². The van der Waals surface area contributed by atoms with Crippen LogP contribution >= 0.6 is 0 Å². The van der Waals surface area contributed by atoms with Crippen molar-refractivity contribution in [2.24, 2.45) is 5.84 Å². The highest BCUT2D eigenvalue weighted by Gasteiger charge is 2.43. The van der Waals surface area contributed by atoms with E-state index in [1.54, 1.807) is 6.26 Å². The van der Waals surface area contributed by atoms with Gasteiger partial charge in [-0.2, -0.15) is 0 Å². The molecule has 0 aliphatic heterocycles. The largest absolute Gasteiger partial charge is 0.468 e. The summed E-state index contributed by atoms with van der Waals surface area (Å²) in [6.45, 7) is 2.73. The molecule has 0 aromatic carbocycles. The van der Waals surface area contributed by atoms with E-state index in [-0.39, 0.29) is 11.6 Å². The van der Waals surface area contributed by atoms with E-state index in [0.717, 1.165) is 18.6 Å². The normalized spacial score (nSPS) is 21.1. The Hall–Kier alpha value is -0.840. The van der Waals surface area contributed by atoms with E-state index in [9.17, 15) is 0 Å². The lowest BCUT2D eigenvalue weighted by molar-refractivity contribution is -0.0671. The maximum Gasteiger partial charge on any atom is 0.124 e. The SMILES string of the molecule is CCOC1(C(NN)c2ccco2)CCCC1. The van der Waals surface area contributed by atoms with E-state index in [2.05, 4.69) is 5.43 Å². The summed E-state index contributed by atoms with van der Waals surface area (Å²) < 4.78 is 11.4. The second-order valence-corrected chi connectivity index (χ2v) is 4.32. The minimum atomic E-state index is -0.193. The number of nitrogens with two attached hydrogens (primary N) is 1. The molecule has 1 aromatic heterocycles. The minimum Gasteiger partial charge on any atom is -0.468 e. The van der Waals surface area contributed by atoms with Crippen LogP contribution < -0.4 is 11.3 Å². The lowest BCUT2D eigenvalue weighted by Gasteiger charge is -2.35. The summed E-state index contributed by atoms with van der Waals surface area (Å²) in [6, 6.07) is 3.78. The Balaban J connectivity index is 2.23. The van der Waals surface area contributed by atoms with Crippen LogP contribution in [0.2, 0.25) is 0 Å². The Labute approximate surface area is 96.1 Å². The topological polar surface area (TPSA) is 60.4 Å². The summed E-state index contributed by atoms with van der Waals surface area (Å²) in [4.78, 5) is 0. The van der Waals surface area contributed by atoms with Gasteiger partial charge in [0, 0.05) is 6.61 Å². The van der Waals surface area contributed by atoms with Crippen LogP contribution in [0, 0.1) is 0 Å². The third kappa shape index (κ3) is 2.00. The van der Waals surface area contributed by atoms with E-state index >= 15 is 0 Å². The van der Waals surface area contributed by atoms with Crippen LogP contribution in [-0.2, 0) is 4.74 Å². The van der Waals surface area contributed by atoms with Crippen molar-refractivity contribution in [3.63, 3.8) is 0 Å². The van der Waals surface area contributed by atoms with Gasteiger partial charge in [-0.1, -0.05) is 12.8 Å². The zero-order valence-electron chi connectivity index (χ0n) is 9.74. The molecule has 16 heavy (non-hydrogen) atoms. The van der Waals surface area contributed by atoms with Gasteiger partial charge < -0.3 is 9.15 Å². The molecule has 1 unspecified atom stereocenters. The van der Waals surface area contributed by atoms with Gasteiger partial charge in [0.2, 0.25) is 0 Å². The molecule has 2 rings (SSSR count). The van der Waals surface area contributed by atoms with Gasteiger partial charge in [0.05, 0.1) is 11.9 Å². The van der Waals surface area contributed by atoms with Crippen LogP contribution in [0.3, 0.4) is 0 Å². The Morgan fingerprint density at radius 2 is 2.31 bits per heavy atom. The molecule has 0 saturated heterocycles. The van der Waals surface area contributed by atoms with Crippen LogP contribution in [0.4, 0.5) is 0 Å². The summed E-state index contributed by atoms with van der Waals surface area (Å²) in [5, 5.41) is 0. The number of rotatable bonds is 5. The van der Waals surface area contributed by atoms with Gasteiger partial charge in [-0.3, -0.25) is 5.84 Å². The van der Waals surface area contributed by atoms with E-state index in [1.807, 2.05) is 19.1 Å². The number of furan rings is 1. The second kappa shape index (κ2) is 4.99. The molecule has 0 bridgehead atoms. The number of nitrogens with one attached hydrogen (secondary N) is 1. The summed E-state index contributed by atoms with van der Waals surface area (Å²) in [6.07, 6.45) is 6.14. The van der Waals surface area contributed by atoms with Crippen LogP contribution in [0.1, 0.15) is 44.4 Å². The van der Waals surface area contributed by atoms with Crippen molar-refractivity contribution in [3.8, 4) is 0 Å². The quantitative estimate of drug-likeness (QED) is 0.594. The monoisotopic (exact) mass is 224 g/mol. The van der Waals surface area contributed by atoms with E-state index in [1.165, 1.54) is 12.8 Å². The fourth-order valence-corrected chi connectivity index (χ4v) is 2.73. The maximum absolute atomic E-state index is 5.96. The van der Waals surface area contributed by atoms with Crippen molar-refractivity contribution in [1.82, 2.24) is 5.43 Å². The Morgan fingerprint density at radius 3 is 2.81 bits per heavy atom. The fourth-order valence-electron chi connectivity index (χ4n) is 2.73. The standard InChI is InChI=1S/C12H20N2O2/c1-2-16-12(7-3-4-8-12)11(14-13)10-6-5-9-15-10/h5-6,9,11,14H,2-4,7-8,13H2,1H3. The summed E-state index contributed by atoms with van der Waals surface area (Å²) in [5.74, 6) is 6.53. The molecule has 3 N–H and O–H groups in total. The molecule has 90 valence electrons. The first-order valence-corrected chi connectivity index (χ1v) is 5.96. The van der Waals surface area contributed by atoms with Gasteiger partial charge in [0.15, 0.2) is 0 Å². The summed E-state index contributed by atoms with van der Waals surface area (Å²) in [5.41, 5.74) is 2.66. The van der Waals surface area contributed by atoms with Gasteiger partial charge in [-0.15, -0.1) is 0 Å². The average molecular weight is 224 g/mol. The first-order valence-electron chi connectivity index (χ1n) is 5.96. The smallest absolute Gasteiger partial charge is 0.124 e. The van der Waals surface area contributed by atoms with Gasteiger partial charge in [-0.25, -0.2) is 5.43 Å². The molecule has 0 radical (unpaired) electrons. The van der Waals surface area contributed by atoms with E-state index in [4.69, 9.17) is 15.0 Å². The van der Waals surface area contributed by atoms with E-state index in [0.29, 0.717) is 6.61 Å². The molecule has 1 atom stereocenters. The molecule has 0 amide bonds. The molecule has 1 heterocycles. The molecule has 1 fully saturated rings. The number of ether oxygens (including phenoxy) is 1. The van der Waals surface area contributed by atoms with E-state index < -0.39 is 0 Å². The van der Waals surface area contributed by atoms with Crippen molar-refractivity contribution in [2.75, 3.05) is 6.61 Å². The van der Waals surface area contributed by atoms with Gasteiger partial charge in [0.25, 0.3) is 0 Å². The van der Waals surface area contributed by atoms with Crippen molar-refractivity contribution in [3.05, 3.63) is 24.2 Å². The second-order valence-electron chi connectivity index (χ2n) is 4.32. The zero-order chi connectivity index (χ0) is 11.4. The maximum atomic E-state index is 5.96. The molecule has 4 heteroatoms. The molecule has 0 spiro atoms. The van der Waals surface area contributed by atoms with Gasteiger partial charge in [-0.05, 0) is 31.9 Å². The lowest BCUT2D eigenvalue weighted by Crippen LogP contribution is -2.46. The predicted octanol–water partition coefficient (Wildman–Crippen LogP) is 2.13. The third-order valence-corrected chi connectivity index (χ3v) is 3.40. The number of hydrazine groups is 1. The van der Waals surface area contributed by atoms with Crippen molar-refractivity contribution in [2.45, 2.75) is 44.2 Å². The molecular formula is C12H20N2O2. The third-order valence-electron chi connectivity index (χ3n) is 3.40. The summed E-state index contributed by atoms with van der Waals surface area (Å²) in [7, 11) is 0. The molecule has 1 aliphatic carbocycles. The first-order chi connectivity index (χ1) is 7.82. The van der Waals surface area contributed by atoms with Crippen LogP contribution in [-0.4, -0.2) is 12.2 Å². The molecule has 1 aromatic rings. The first kappa shape index (κ1) is 11.6. The average Bonchev–Trinajstić information content (AvgIpc) is 2.92. The zero-order valence-corrected chi connectivity index (χ0v) is 9.74. The molecule has 4 nitrogen and oxygen atoms in total. The van der Waals surface area contributed by atoms with Crippen LogP contribution in [0.25, 0.3) is 0 Å². The van der Waals surface area contributed by atoms with Crippen LogP contribution in [0.15, 0.2) is 22.8 Å². The predicted molar refractivity (Wildman–Crippen MR) is 61.6 cm³/mol. The van der Waals surface area contributed by atoms with Crippen LogP contribution in [0.5, 0.6) is 0 Å². The highest BCUT2D eigenvalue weighted by Crippen LogP contribution is 2.42. The van der Waals surface area contributed by atoms with Crippen molar-refractivity contribution >= 4 is 0 Å². The lowest BCUT2D eigenvalue weighted by atomic mass is 9.90. The Kier molecular flexibility index (Phi) is 3.63. The molecule has 1 aliphatic rings. The van der Waals surface area contributed by atoms with Gasteiger partial charge in [0.1, 0.15) is 11.8 Å². The number of hydrogen-bond donors (Lipinski definition) is 2. The molecule has 1 saturated carbocycles. The highest BCUT2D eigenvalue weighted by atomic mass is 16.5. The fraction of sp³-hybridized carbons (Fsp3) is 0.667. The Bertz CT molecular complexity index is 305. The van der Waals surface area contributed by atoms with Crippen molar-refractivity contribution < 1.29 is 9.15 Å². The summed E-state index contributed by atoms with van der Waals surface area (Å²) >= 11 is 0. The minimum absolute atomic E-state index is 0.0510. The Morgan fingerprint density at radius 1 is 1.56 bits per heavy atom.